The lowest BCUT2D eigenvalue weighted by Gasteiger charge is -2.16. The SMILES string of the molecule is CCOC(=O)C(CCO)=C(c1ccc(S(C)(=O)=O)cc1)c1ccc(OC)c(Cl)c1. The molecule has 0 atom stereocenters. The van der Waals surface area contributed by atoms with Crippen molar-refractivity contribution in [3.63, 3.8) is 0 Å². The Morgan fingerprint density at radius 2 is 1.72 bits per heavy atom. The van der Waals surface area contributed by atoms with E-state index in [0.717, 1.165) is 6.26 Å². The number of ether oxygens (including phenoxy) is 2. The van der Waals surface area contributed by atoms with Gasteiger partial charge in [0, 0.05) is 24.9 Å². The van der Waals surface area contributed by atoms with Gasteiger partial charge in [0.25, 0.3) is 0 Å². The van der Waals surface area contributed by atoms with Gasteiger partial charge in [-0.2, -0.15) is 0 Å². The van der Waals surface area contributed by atoms with Gasteiger partial charge < -0.3 is 14.6 Å². The molecule has 1 N–H and O–H groups in total. The van der Waals surface area contributed by atoms with E-state index in [1.807, 2.05) is 0 Å². The Morgan fingerprint density at radius 1 is 1.10 bits per heavy atom. The number of hydrogen-bond donors (Lipinski definition) is 1. The first-order valence-corrected chi connectivity index (χ1v) is 11.1. The van der Waals surface area contributed by atoms with E-state index < -0.39 is 15.8 Å². The Labute approximate surface area is 175 Å². The topological polar surface area (TPSA) is 89.9 Å². The van der Waals surface area contributed by atoms with Gasteiger partial charge in [-0.05, 0) is 47.9 Å². The van der Waals surface area contributed by atoms with Crippen LogP contribution >= 0.6 is 11.6 Å². The van der Waals surface area contributed by atoms with Crippen LogP contribution in [0.2, 0.25) is 5.02 Å². The molecule has 0 bridgehead atoms. The van der Waals surface area contributed by atoms with Gasteiger partial charge in [0.05, 0.1) is 23.6 Å². The predicted octanol–water partition coefficient (Wildman–Crippen LogP) is 3.50. The number of rotatable bonds is 8. The number of esters is 1. The fourth-order valence-electron chi connectivity index (χ4n) is 2.86. The monoisotopic (exact) mass is 438 g/mol. The third-order valence-corrected chi connectivity index (χ3v) is 5.62. The third kappa shape index (κ3) is 5.59. The molecule has 0 heterocycles. The molecule has 0 fully saturated rings. The number of aliphatic hydroxyl groups excluding tert-OH is 1. The summed E-state index contributed by atoms with van der Waals surface area (Å²) >= 11 is 6.28. The van der Waals surface area contributed by atoms with Gasteiger partial charge in [-0.25, -0.2) is 13.2 Å². The number of halogens is 1. The Kier molecular flexibility index (Phi) is 7.84. The first-order valence-electron chi connectivity index (χ1n) is 8.88. The van der Waals surface area contributed by atoms with Crippen LogP contribution < -0.4 is 4.74 Å². The largest absolute Gasteiger partial charge is 0.495 e. The maximum absolute atomic E-state index is 12.6. The molecule has 0 amide bonds. The number of methoxy groups -OCH3 is 1. The summed E-state index contributed by atoms with van der Waals surface area (Å²) in [5.74, 6) is -0.0855. The molecule has 156 valence electrons. The van der Waals surface area contributed by atoms with Crippen molar-refractivity contribution < 1.29 is 27.8 Å². The zero-order valence-corrected chi connectivity index (χ0v) is 18.0. The lowest BCUT2D eigenvalue weighted by atomic mass is 9.91. The van der Waals surface area contributed by atoms with Gasteiger partial charge in [0.2, 0.25) is 0 Å². The first-order chi connectivity index (χ1) is 13.7. The number of carbonyl (C=O) groups is 1. The fraction of sp³-hybridized carbons (Fsp3) is 0.286. The summed E-state index contributed by atoms with van der Waals surface area (Å²) in [4.78, 5) is 12.8. The molecule has 0 saturated heterocycles. The zero-order valence-electron chi connectivity index (χ0n) is 16.4. The van der Waals surface area contributed by atoms with E-state index in [4.69, 9.17) is 21.1 Å². The summed E-state index contributed by atoms with van der Waals surface area (Å²) in [5.41, 5.74) is 1.97. The summed E-state index contributed by atoms with van der Waals surface area (Å²) in [6.07, 6.45) is 1.18. The van der Waals surface area contributed by atoms with Crippen molar-refractivity contribution in [2.24, 2.45) is 0 Å². The average Bonchev–Trinajstić information content (AvgIpc) is 2.67. The van der Waals surface area contributed by atoms with Crippen molar-refractivity contribution in [2.45, 2.75) is 18.2 Å². The summed E-state index contributed by atoms with van der Waals surface area (Å²) in [5, 5.41) is 9.87. The minimum atomic E-state index is -3.37. The molecule has 0 saturated carbocycles. The van der Waals surface area contributed by atoms with Crippen LogP contribution in [0.1, 0.15) is 24.5 Å². The molecule has 0 aromatic heterocycles. The van der Waals surface area contributed by atoms with Crippen LogP contribution in [0.4, 0.5) is 0 Å². The lowest BCUT2D eigenvalue weighted by molar-refractivity contribution is -0.138. The van der Waals surface area contributed by atoms with Crippen LogP contribution in [0.15, 0.2) is 52.9 Å². The van der Waals surface area contributed by atoms with Crippen LogP contribution in [0, 0.1) is 0 Å². The minimum Gasteiger partial charge on any atom is -0.495 e. The predicted molar refractivity (Wildman–Crippen MR) is 112 cm³/mol. The summed E-state index contributed by atoms with van der Waals surface area (Å²) in [7, 11) is -1.87. The molecule has 2 aromatic carbocycles. The quantitative estimate of drug-likeness (QED) is 0.501. The fourth-order valence-corrected chi connectivity index (χ4v) is 3.75. The highest BCUT2D eigenvalue weighted by Crippen LogP contribution is 2.34. The second-order valence-corrected chi connectivity index (χ2v) is 8.62. The molecule has 2 aromatic rings. The van der Waals surface area contributed by atoms with Gasteiger partial charge in [0.15, 0.2) is 9.84 Å². The van der Waals surface area contributed by atoms with Gasteiger partial charge in [-0.15, -0.1) is 0 Å². The molecule has 6 nitrogen and oxygen atoms in total. The van der Waals surface area contributed by atoms with Gasteiger partial charge in [-0.3, -0.25) is 0 Å². The van der Waals surface area contributed by atoms with Gasteiger partial charge in [0.1, 0.15) is 5.75 Å². The van der Waals surface area contributed by atoms with Crippen molar-refractivity contribution in [1.82, 2.24) is 0 Å². The molecule has 0 radical (unpaired) electrons. The zero-order chi connectivity index (χ0) is 21.6. The van der Waals surface area contributed by atoms with Crippen molar-refractivity contribution in [3.05, 3.63) is 64.2 Å². The number of hydrogen-bond acceptors (Lipinski definition) is 6. The van der Waals surface area contributed by atoms with E-state index in [1.54, 1.807) is 37.3 Å². The third-order valence-electron chi connectivity index (χ3n) is 4.20. The van der Waals surface area contributed by atoms with Crippen molar-refractivity contribution >= 4 is 33.0 Å². The Balaban J connectivity index is 2.75. The number of sulfone groups is 1. The summed E-state index contributed by atoms with van der Waals surface area (Å²) in [6.45, 7) is 1.61. The maximum Gasteiger partial charge on any atom is 0.334 e. The van der Waals surface area contributed by atoms with Gasteiger partial charge in [-0.1, -0.05) is 29.8 Å². The van der Waals surface area contributed by atoms with Crippen LogP contribution in [-0.4, -0.2) is 46.1 Å². The molecule has 0 aliphatic rings. The molecule has 0 spiro atoms. The molecular formula is C21H23ClO6S. The molecular weight excluding hydrogens is 416 g/mol. The maximum atomic E-state index is 12.6. The normalized spacial score (nSPS) is 12.3. The van der Waals surface area contributed by atoms with E-state index in [2.05, 4.69) is 0 Å². The van der Waals surface area contributed by atoms with Crippen LogP contribution in [0.3, 0.4) is 0 Å². The molecule has 0 unspecified atom stereocenters. The van der Waals surface area contributed by atoms with Crippen molar-refractivity contribution in [2.75, 3.05) is 26.6 Å². The number of aliphatic hydroxyl groups is 1. The molecule has 0 aliphatic carbocycles. The smallest absolute Gasteiger partial charge is 0.334 e. The Bertz CT molecular complexity index is 1010. The van der Waals surface area contributed by atoms with E-state index in [0.29, 0.717) is 27.5 Å². The van der Waals surface area contributed by atoms with Crippen LogP contribution in [-0.2, 0) is 19.4 Å². The molecule has 2 rings (SSSR count). The van der Waals surface area contributed by atoms with E-state index in [1.165, 1.54) is 19.2 Å². The minimum absolute atomic E-state index is 0.0612. The highest BCUT2D eigenvalue weighted by Gasteiger charge is 2.21. The van der Waals surface area contributed by atoms with E-state index in [-0.39, 0.29) is 30.1 Å². The molecule has 29 heavy (non-hydrogen) atoms. The van der Waals surface area contributed by atoms with Crippen molar-refractivity contribution in [3.8, 4) is 5.75 Å². The summed E-state index contributed by atoms with van der Waals surface area (Å²) in [6, 6.07) is 11.2. The molecule has 8 heteroatoms. The Hall–Kier alpha value is -2.35. The van der Waals surface area contributed by atoms with E-state index in [9.17, 15) is 18.3 Å². The number of carbonyl (C=O) groups excluding carboxylic acids is 1. The van der Waals surface area contributed by atoms with Crippen LogP contribution in [0.25, 0.3) is 5.57 Å². The van der Waals surface area contributed by atoms with Gasteiger partial charge >= 0.3 is 5.97 Å². The average molecular weight is 439 g/mol. The standard InChI is InChI=1S/C21H23ClO6S/c1-4-28-21(24)17(11-12-23)20(15-7-10-19(27-2)18(22)13-15)14-5-8-16(9-6-14)29(3,25)26/h5-10,13,23H,4,11-12H2,1-3H3. The summed E-state index contributed by atoms with van der Waals surface area (Å²) < 4.78 is 33.9. The Morgan fingerprint density at radius 3 is 2.21 bits per heavy atom. The molecule has 0 aliphatic heterocycles. The van der Waals surface area contributed by atoms with Crippen molar-refractivity contribution in [1.29, 1.82) is 0 Å². The second kappa shape index (κ2) is 9.91. The van der Waals surface area contributed by atoms with Crippen LogP contribution in [0.5, 0.6) is 5.75 Å². The van der Waals surface area contributed by atoms with E-state index >= 15 is 0 Å². The number of benzene rings is 2. The second-order valence-electron chi connectivity index (χ2n) is 6.19. The highest BCUT2D eigenvalue weighted by molar-refractivity contribution is 7.90. The highest BCUT2D eigenvalue weighted by atomic mass is 35.5. The lowest BCUT2D eigenvalue weighted by Crippen LogP contribution is -2.12. The first kappa shape index (κ1) is 22.9.